The van der Waals surface area contributed by atoms with Gasteiger partial charge in [-0.25, -0.2) is 4.39 Å². The molecule has 1 aromatic rings. The van der Waals surface area contributed by atoms with Gasteiger partial charge in [0.1, 0.15) is 5.82 Å². The van der Waals surface area contributed by atoms with Crippen LogP contribution >= 0.6 is 0 Å². The first-order chi connectivity index (χ1) is 9.42. The third kappa shape index (κ3) is 3.03. The zero-order chi connectivity index (χ0) is 14.8. The zero-order valence-corrected chi connectivity index (χ0v) is 12.2. The normalized spacial score (nSPS) is 24.6. The van der Waals surface area contributed by atoms with Crippen LogP contribution in [0.15, 0.2) is 24.3 Å². The van der Waals surface area contributed by atoms with Gasteiger partial charge in [0.05, 0.1) is 18.3 Å². The van der Waals surface area contributed by atoms with Gasteiger partial charge in [-0.15, -0.1) is 0 Å². The molecule has 1 fully saturated rings. The lowest BCUT2D eigenvalue weighted by molar-refractivity contribution is -0.0316. The number of nitrogens with two attached hydrogens (primary N) is 1. The van der Waals surface area contributed by atoms with E-state index in [0.29, 0.717) is 12.0 Å². The standard InChI is InChI=1S/C16H24FNO2/c1-15(2)8-7-12(20-15)9-16(10-18,11-19)13-5-3-4-6-14(13)17/h3-6,12,19H,7-11,18H2,1-2H3. The van der Waals surface area contributed by atoms with Crippen LogP contribution in [0, 0.1) is 5.82 Å². The Balaban J connectivity index is 2.25. The molecule has 1 saturated heterocycles. The number of ether oxygens (including phenoxy) is 1. The predicted molar refractivity (Wildman–Crippen MR) is 77.0 cm³/mol. The maximum Gasteiger partial charge on any atom is 0.127 e. The van der Waals surface area contributed by atoms with Crippen LogP contribution in [0.3, 0.4) is 0 Å². The van der Waals surface area contributed by atoms with Crippen LogP contribution in [0.5, 0.6) is 0 Å². The molecule has 0 spiro atoms. The van der Waals surface area contributed by atoms with Gasteiger partial charge in [0.25, 0.3) is 0 Å². The lowest BCUT2D eigenvalue weighted by Gasteiger charge is -2.34. The van der Waals surface area contributed by atoms with Crippen LogP contribution in [0.1, 0.15) is 38.7 Å². The Morgan fingerprint density at radius 2 is 2.15 bits per heavy atom. The quantitative estimate of drug-likeness (QED) is 0.871. The van der Waals surface area contributed by atoms with Crippen LogP contribution in [0.4, 0.5) is 4.39 Å². The second-order valence-electron chi connectivity index (χ2n) is 6.36. The van der Waals surface area contributed by atoms with Crippen molar-refractivity contribution in [2.75, 3.05) is 13.2 Å². The van der Waals surface area contributed by atoms with E-state index in [1.54, 1.807) is 18.2 Å². The average molecular weight is 281 g/mol. The molecule has 0 saturated carbocycles. The second kappa shape index (κ2) is 5.80. The number of halogens is 1. The van der Waals surface area contributed by atoms with Crippen molar-refractivity contribution in [3.05, 3.63) is 35.6 Å². The lowest BCUT2D eigenvalue weighted by Crippen LogP contribution is -2.42. The molecule has 0 radical (unpaired) electrons. The molecule has 1 aliphatic rings. The molecule has 112 valence electrons. The molecule has 0 amide bonds. The number of aliphatic hydroxyl groups excluding tert-OH is 1. The summed E-state index contributed by atoms with van der Waals surface area (Å²) in [5, 5.41) is 9.84. The van der Waals surface area contributed by atoms with Crippen LogP contribution in [0.25, 0.3) is 0 Å². The first-order valence-electron chi connectivity index (χ1n) is 7.16. The first-order valence-corrected chi connectivity index (χ1v) is 7.16. The van der Waals surface area contributed by atoms with E-state index in [4.69, 9.17) is 10.5 Å². The molecule has 3 N–H and O–H groups in total. The largest absolute Gasteiger partial charge is 0.395 e. The number of aliphatic hydroxyl groups is 1. The van der Waals surface area contributed by atoms with Crippen molar-refractivity contribution < 1.29 is 14.2 Å². The van der Waals surface area contributed by atoms with Crippen molar-refractivity contribution in [3.63, 3.8) is 0 Å². The predicted octanol–water partition coefficient (Wildman–Crippen LogP) is 2.36. The van der Waals surface area contributed by atoms with Crippen LogP contribution in [-0.4, -0.2) is 30.0 Å². The van der Waals surface area contributed by atoms with E-state index < -0.39 is 5.41 Å². The van der Waals surface area contributed by atoms with Gasteiger partial charge in [0.2, 0.25) is 0 Å². The number of hydrogen-bond acceptors (Lipinski definition) is 3. The fourth-order valence-electron chi connectivity index (χ4n) is 3.07. The molecule has 2 rings (SSSR count). The summed E-state index contributed by atoms with van der Waals surface area (Å²) in [6, 6.07) is 6.54. The summed E-state index contributed by atoms with van der Waals surface area (Å²) in [6.07, 6.45) is 2.45. The van der Waals surface area contributed by atoms with Gasteiger partial charge in [-0.2, -0.15) is 0 Å². The molecule has 1 aliphatic heterocycles. The Hall–Kier alpha value is -0.970. The minimum Gasteiger partial charge on any atom is -0.395 e. The highest BCUT2D eigenvalue weighted by Gasteiger charge is 2.40. The van der Waals surface area contributed by atoms with Crippen LogP contribution in [-0.2, 0) is 10.2 Å². The van der Waals surface area contributed by atoms with Crippen molar-refractivity contribution in [1.82, 2.24) is 0 Å². The second-order valence-corrected chi connectivity index (χ2v) is 6.36. The average Bonchev–Trinajstić information content (AvgIpc) is 2.76. The Labute approximate surface area is 119 Å². The van der Waals surface area contributed by atoms with Gasteiger partial charge in [-0.05, 0) is 44.7 Å². The SMILES string of the molecule is CC1(C)CCC(CC(CN)(CO)c2ccccc2F)O1. The topological polar surface area (TPSA) is 55.5 Å². The van der Waals surface area contributed by atoms with E-state index in [2.05, 4.69) is 13.8 Å². The molecular weight excluding hydrogens is 257 g/mol. The van der Waals surface area contributed by atoms with E-state index >= 15 is 0 Å². The maximum atomic E-state index is 14.1. The van der Waals surface area contributed by atoms with Crippen molar-refractivity contribution in [1.29, 1.82) is 0 Å². The molecule has 3 nitrogen and oxygen atoms in total. The van der Waals surface area contributed by atoms with E-state index in [1.807, 2.05) is 0 Å². The Morgan fingerprint density at radius 1 is 1.45 bits per heavy atom. The molecular formula is C16H24FNO2. The molecule has 0 bridgehead atoms. The molecule has 0 aromatic heterocycles. The third-order valence-corrected chi connectivity index (χ3v) is 4.31. The minimum absolute atomic E-state index is 0.0142. The minimum atomic E-state index is -0.767. The van der Waals surface area contributed by atoms with Crippen molar-refractivity contribution in [3.8, 4) is 0 Å². The highest BCUT2D eigenvalue weighted by atomic mass is 19.1. The summed E-state index contributed by atoms with van der Waals surface area (Å²) in [7, 11) is 0. The summed E-state index contributed by atoms with van der Waals surface area (Å²) in [4.78, 5) is 0. The molecule has 0 aliphatic carbocycles. The summed E-state index contributed by atoms with van der Waals surface area (Å²) in [6.45, 7) is 4.13. The molecule has 2 unspecified atom stereocenters. The van der Waals surface area contributed by atoms with Crippen LogP contribution < -0.4 is 5.73 Å². The lowest BCUT2D eigenvalue weighted by atomic mass is 9.76. The Morgan fingerprint density at radius 3 is 2.65 bits per heavy atom. The van der Waals surface area contributed by atoms with Gasteiger partial charge in [-0.1, -0.05) is 18.2 Å². The smallest absolute Gasteiger partial charge is 0.127 e. The van der Waals surface area contributed by atoms with E-state index in [0.717, 1.165) is 12.8 Å². The molecule has 2 atom stereocenters. The summed E-state index contributed by atoms with van der Waals surface area (Å²) in [5.74, 6) is -0.316. The fraction of sp³-hybridized carbons (Fsp3) is 0.625. The van der Waals surface area contributed by atoms with Gasteiger partial charge in [0.15, 0.2) is 0 Å². The van der Waals surface area contributed by atoms with Crippen LogP contribution in [0.2, 0.25) is 0 Å². The maximum absolute atomic E-state index is 14.1. The monoisotopic (exact) mass is 281 g/mol. The van der Waals surface area contributed by atoms with Gasteiger partial charge in [-0.3, -0.25) is 0 Å². The van der Waals surface area contributed by atoms with Gasteiger partial charge >= 0.3 is 0 Å². The van der Waals surface area contributed by atoms with Gasteiger partial charge in [0, 0.05) is 12.0 Å². The molecule has 20 heavy (non-hydrogen) atoms. The number of rotatable bonds is 5. The summed E-state index contributed by atoms with van der Waals surface area (Å²) < 4.78 is 20.1. The van der Waals surface area contributed by atoms with E-state index in [-0.39, 0.29) is 30.7 Å². The van der Waals surface area contributed by atoms with E-state index in [9.17, 15) is 9.50 Å². The highest BCUT2D eigenvalue weighted by Crippen LogP contribution is 2.38. The Bertz CT molecular complexity index is 458. The highest BCUT2D eigenvalue weighted by molar-refractivity contribution is 5.28. The molecule has 1 aromatic carbocycles. The van der Waals surface area contributed by atoms with E-state index in [1.165, 1.54) is 6.07 Å². The van der Waals surface area contributed by atoms with Crippen molar-refractivity contribution in [2.45, 2.75) is 50.2 Å². The summed E-state index contributed by atoms with van der Waals surface area (Å²) in [5.41, 5.74) is 5.46. The Kier molecular flexibility index (Phi) is 4.47. The molecule has 1 heterocycles. The number of benzene rings is 1. The molecule has 4 heteroatoms. The van der Waals surface area contributed by atoms with Crippen molar-refractivity contribution in [2.24, 2.45) is 5.73 Å². The number of hydrogen-bond donors (Lipinski definition) is 2. The third-order valence-electron chi connectivity index (χ3n) is 4.31. The van der Waals surface area contributed by atoms with Gasteiger partial charge < -0.3 is 15.6 Å². The first kappa shape index (κ1) is 15.4. The fourth-order valence-corrected chi connectivity index (χ4v) is 3.07. The van der Waals surface area contributed by atoms with Crippen molar-refractivity contribution >= 4 is 0 Å². The zero-order valence-electron chi connectivity index (χ0n) is 12.2. The summed E-state index contributed by atoms with van der Waals surface area (Å²) >= 11 is 0.